The number of carbonyl (C=O) groups is 3. The molecule has 61 heavy (non-hydrogen) atoms. The van der Waals surface area contributed by atoms with Crippen LogP contribution in [0.1, 0.15) is 42.5 Å². The Morgan fingerprint density at radius 3 is 1.48 bits per heavy atom. The Labute approximate surface area is 342 Å². The summed E-state index contributed by atoms with van der Waals surface area (Å²) >= 11 is 11.9. The van der Waals surface area contributed by atoms with Crippen LogP contribution < -0.4 is 0 Å². The smallest absolute Gasteiger partial charge is 0.459 e. The average Bonchev–Trinajstić information content (AvgIpc) is 3.99. The van der Waals surface area contributed by atoms with Gasteiger partial charge in [-0.25, -0.2) is 23.6 Å². The van der Waals surface area contributed by atoms with E-state index in [1.165, 1.54) is 36.4 Å². The molecule has 0 fully saturated rings. The van der Waals surface area contributed by atoms with E-state index in [1.807, 2.05) is 0 Å². The molecule has 16 nitrogen and oxygen atoms in total. The first kappa shape index (κ1) is 45.5. The predicted molar refractivity (Wildman–Crippen MR) is 187 cm³/mol. The van der Waals surface area contributed by atoms with Gasteiger partial charge in [0.15, 0.2) is 35.1 Å². The van der Waals surface area contributed by atoms with Crippen LogP contribution in [-0.4, -0.2) is 99.5 Å². The van der Waals surface area contributed by atoms with Gasteiger partial charge in [0, 0.05) is 25.2 Å². The van der Waals surface area contributed by atoms with Crippen molar-refractivity contribution < 1.29 is 72.9 Å². The van der Waals surface area contributed by atoms with Crippen molar-refractivity contribution in [2.24, 2.45) is 14.1 Å². The third-order valence-electron chi connectivity index (χ3n) is 8.23. The van der Waals surface area contributed by atoms with Crippen molar-refractivity contribution in [1.82, 2.24) is 49.5 Å². The zero-order valence-electron chi connectivity index (χ0n) is 30.7. The largest absolute Gasteiger partial charge is 0.503 e. The summed E-state index contributed by atoms with van der Waals surface area (Å²) in [6, 6.07) is 8.35. The molecule has 2 aromatic carbocycles. The molecule has 4 heterocycles. The van der Waals surface area contributed by atoms with Crippen LogP contribution in [0.3, 0.4) is 0 Å². The van der Waals surface area contributed by atoms with E-state index in [2.05, 4.69) is 40.3 Å². The zero-order valence-corrected chi connectivity index (χ0v) is 32.2. The summed E-state index contributed by atoms with van der Waals surface area (Å²) in [5, 5.41) is 31.4. The molecule has 0 radical (unpaired) electrons. The topological polar surface area (TPSA) is 187 Å². The van der Waals surface area contributed by atoms with Crippen molar-refractivity contribution in [3.05, 3.63) is 86.9 Å². The number of aldehydes is 1. The lowest BCUT2D eigenvalue weighted by Crippen LogP contribution is -2.35. The number of aryl methyl sites for hydroxylation is 2. The predicted octanol–water partition coefficient (Wildman–Crippen LogP) is 7.04. The lowest BCUT2D eigenvalue weighted by molar-refractivity contribution is -0.291. The molecule has 0 aliphatic carbocycles. The Morgan fingerprint density at radius 1 is 0.672 bits per heavy atom. The summed E-state index contributed by atoms with van der Waals surface area (Å²) in [5.41, 5.74) is -3.79. The number of alkyl halides is 10. The lowest BCUT2D eigenvalue weighted by Gasteiger charge is -2.17. The maximum absolute atomic E-state index is 13.8. The van der Waals surface area contributed by atoms with Gasteiger partial charge in [0.2, 0.25) is 0 Å². The molecule has 1 N–H and O–H groups in total. The summed E-state index contributed by atoms with van der Waals surface area (Å²) in [6.07, 6.45) is -9.80. The molecule has 28 heteroatoms. The highest BCUT2D eigenvalue weighted by molar-refractivity contribution is 6.34. The zero-order chi connectivity index (χ0) is 45.6. The van der Waals surface area contributed by atoms with E-state index in [9.17, 15) is 63.4 Å². The number of aromatic nitrogens is 10. The van der Waals surface area contributed by atoms with Crippen LogP contribution in [0.5, 0.6) is 5.75 Å². The molecule has 6 aromatic rings. The molecule has 6 rings (SSSR count). The molecular formula is C33H22Cl2F10N10O6. The molecule has 0 aliphatic rings. The van der Waals surface area contributed by atoms with Crippen LogP contribution >= 0.6 is 23.2 Å². The van der Waals surface area contributed by atoms with Crippen molar-refractivity contribution in [2.75, 3.05) is 14.2 Å². The van der Waals surface area contributed by atoms with E-state index in [0.29, 0.717) is 20.5 Å². The Kier molecular flexibility index (Phi) is 12.3. The molecule has 0 atom stereocenters. The second-order valence-corrected chi connectivity index (χ2v) is 12.9. The second kappa shape index (κ2) is 16.5. The Hall–Kier alpha value is -6.57. The first-order valence-electron chi connectivity index (χ1n) is 16.1. The van der Waals surface area contributed by atoms with Gasteiger partial charge in [0.05, 0.1) is 53.3 Å². The number of benzene rings is 2. The van der Waals surface area contributed by atoms with Crippen LogP contribution in [0.2, 0.25) is 10.0 Å². The van der Waals surface area contributed by atoms with Gasteiger partial charge >= 0.3 is 36.1 Å². The van der Waals surface area contributed by atoms with Gasteiger partial charge in [-0.05, 0) is 24.3 Å². The number of rotatable bonds is 9. The highest BCUT2D eigenvalue weighted by Crippen LogP contribution is 2.48. The second-order valence-electron chi connectivity index (χ2n) is 12.1. The minimum atomic E-state index is -5.96. The monoisotopic (exact) mass is 914 g/mol. The molecular weight excluding hydrogens is 893 g/mol. The van der Waals surface area contributed by atoms with Gasteiger partial charge in [-0.2, -0.15) is 58.8 Å². The van der Waals surface area contributed by atoms with Crippen molar-refractivity contribution >= 4 is 41.4 Å². The fourth-order valence-corrected chi connectivity index (χ4v) is 5.67. The van der Waals surface area contributed by atoms with Crippen LogP contribution in [0.15, 0.2) is 48.8 Å². The van der Waals surface area contributed by atoms with E-state index in [1.54, 1.807) is 0 Å². The summed E-state index contributed by atoms with van der Waals surface area (Å²) < 4.78 is 143. The van der Waals surface area contributed by atoms with E-state index in [0.717, 1.165) is 50.1 Å². The summed E-state index contributed by atoms with van der Waals surface area (Å²) in [4.78, 5) is 34.9. The Bertz CT molecular complexity index is 2650. The van der Waals surface area contributed by atoms with E-state index < -0.39 is 70.5 Å². The minimum Gasteiger partial charge on any atom is -0.503 e. The first-order chi connectivity index (χ1) is 28.3. The van der Waals surface area contributed by atoms with Crippen LogP contribution in [0.4, 0.5) is 43.9 Å². The molecule has 0 aliphatic heterocycles. The summed E-state index contributed by atoms with van der Waals surface area (Å²) in [7, 11) is 4.42. The van der Waals surface area contributed by atoms with E-state index >= 15 is 0 Å². The summed E-state index contributed by atoms with van der Waals surface area (Å²) in [6.45, 7) is 0. The maximum atomic E-state index is 13.8. The molecule has 0 bridgehead atoms. The third kappa shape index (κ3) is 8.44. The highest BCUT2D eigenvalue weighted by atomic mass is 35.5. The number of esters is 2. The number of ether oxygens (including phenoxy) is 2. The number of methoxy groups -OCH3 is 2. The van der Waals surface area contributed by atoms with Gasteiger partial charge in [0.25, 0.3) is 0 Å². The number of hydrogen-bond donors (Lipinski definition) is 1. The van der Waals surface area contributed by atoms with Gasteiger partial charge in [0.1, 0.15) is 11.4 Å². The normalized spacial score (nSPS) is 12.2. The van der Waals surface area contributed by atoms with Crippen molar-refractivity contribution in [3.8, 4) is 39.9 Å². The molecule has 324 valence electrons. The fraction of sp³-hybridized carbons (Fsp3) is 0.242. The average molecular weight is 915 g/mol. The molecule has 0 saturated carbocycles. The van der Waals surface area contributed by atoms with Gasteiger partial charge < -0.3 is 14.6 Å². The first-order valence-corrected chi connectivity index (χ1v) is 16.9. The molecule has 4 aromatic heterocycles. The van der Waals surface area contributed by atoms with Gasteiger partial charge in [-0.3, -0.25) is 4.79 Å². The van der Waals surface area contributed by atoms with Crippen molar-refractivity contribution in [2.45, 2.75) is 24.2 Å². The van der Waals surface area contributed by atoms with Gasteiger partial charge in [-0.1, -0.05) is 45.8 Å². The molecule has 0 spiro atoms. The lowest BCUT2D eigenvalue weighted by atomic mass is 10.1. The third-order valence-corrected chi connectivity index (χ3v) is 8.88. The number of aromatic hydroxyl groups is 1. The Morgan fingerprint density at radius 2 is 1.07 bits per heavy atom. The quantitative estimate of drug-likeness (QED) is 0.0887. The van der Waals surface area contributed by atoms with Gasteiger partial charge in [-0.15, -0.1) is 10.2 Å². The standard InChI is InChI=1S/C17H11ClF5N5O3.C16H11ClF5N5O3/c1-27-14(10(7-29)13(25-27)16(19,20)17(21,22)23)28-6-12(24-26-28)8-3-4-11(18)9(5-8)15(30)31-2;1-26-13(11(28)12(24-26)15(18,19)16(20,21)22)27-6-10(23-25-27)7-3-4-9(17)8(5-7)14(29)30-2/h3-7H,1-2H3;3-6,28H,1-2H3. The molecule has 0 unspecified atom stereocenters. The molecule has 0 amide bonds. The number of hydrogen-bond acceptors (Lipinski definition) is 12. The summed E-state index contributed by atoms with van der Waals surface area (Å²) in [5.74, 6) is -14.7. The van der Waals surface area contributed by atoms with E-state index in [-0.39, 0.29) is 38.8 Å². The number of carbonyl (C=O) groups excluding carboxylic acids is 3. The molecule has 0 saturated heterocycles. The van der Waals surface area contributed by atoms with E-state index in [4.69, 9.17) is 23.2 Å². The van der Waals surface area contributed by atoms with Crippen LogP contribution in [0.25, 0.3) is 34.2 Å². The highest BCUT2D eigenvalue weighted by Gasteiger charge is 2.63. The van der Waals surface area contributed by atoms with Crippen molar-refractivity contribution in [3.63, 3.8) is 0 Å². The SMILES string of the molecule is COC(=O)c1cc(-c2cn(-c3c(C=O)c(C(F)(F)C(F)(F)F)nn3C)nn2)ccc1Cl.COC(=O)c1cc(-c2cn(-c3c(O)c(C(F)(F)C(F)(F)F)nn3C)nn2)ccc1Cl. The fourth-order valence-electron chi connectivity index (χ4n) is 5.29. The Balaban J connectivity index is 0.000000231. The van der Waals surface area contributed by atoms with Crippen LogP contribution in [-0.2, 0) is 35.4 Å². The van der Waals surface area contributed by atoms with Crippen LogP contribution in [0, 0.1) is 0 Å². The maximum Gasteiger partial charge on any atom is 0.459 e. The number of nitrogens with zero attached hydrogens (tertiary/aromatic N) is 10. The van der Waals surface area contributed by atoms with Crippen molar-refractivity contribution in [1.29, 1.82) is 0 Å². The minimum absolute atomic E-state index is 0.0115. The number of halogens is 12.